The van der Waals surface area contributed by atoms with Gasteiger partial charge in [-0.15, -0.1) is 0 Å². The monoisotopic (exact) mass is 284 g/mol. The first kappa shape index (κ1) is 16.2. The van der Waals surface area contributed by atoms with Crippen molar-refractivity contribution in [3.05, 3.63) is 12.2 Å². The molecule has 1 fully saturated rings. The Balaban J connectivity index is 2.19. The molecule has 0 atom stereocenters. The first-order valence-corrected chi connectivity index (χ1v) is 6.64. The van der Waals surface area contributed by atoms with Gasteiger partial charge in [0.25, 0.3) is 0 Å². The Morgan fingerprint density at radius 2 is 1.55 bits per heavy atom. The zero-order valence-electron chi connectivity index (χ0n) is 11.6. The molecule has 6 heteroatoms. The van der Waals surface area contributed by atoms with E-state index in [0.717, 1.165) is 0 Å². The molecule has 1 rings (SSSR count). The number of aliphatic carboxylic acids is 1. The van der Waals surface area contributed by atoms with Crippen LogP contribution in [0.4, 0.5) is 0 Å². The quantitative estimate of drug-likeness (QED) is 0.452. The van der Waals surface area contributed by atoms with Crippen molar-refractivity contribution in [3.8, 4) is 0 Å². The van der Waals surface area contributed by atoms with Crippen molar-refractivity contribution < 1.29 is 29.0 Å². The average Bonchev–Trinajstić information content (AvgIpc) is 2.43. The minimum atomic E-state index is -0.802. The molecule has 0 aromatic carbocycles. The molecular formula is C14H20O6. The number of rotatable bonds is 6. The van der Waals surface area contributed by atoms with Crippen molar-refractivity contribution >= 4 is 17.9 Å². The lowest BCUT2D eigenvalue weighted by Gasteiger charge is -2.24. The van der Waals surface area contributed by atoms with Gasteiger partial charge in [-0.1, -0.05) is 6.58 Å². The van der Waals surface area contributed by atoms with Crippen molar-refractivity contribution in [2.45, 2.75) is 32.6 Å². The van der Waals surface area contributed by atoms with Crippen LogP contribution in [-0.2, 0) is 23.9 Å². The lowest BCUT2D eigenvalue weighted by atomic mass is 9.82. The standard InChI is InChI=1S/C14H20O6/c1-9(2)13(17)19-7-8-20-14(18)11-5-3-10(4-6-11)12(15)16/h10-11H,1,3-8H2,2H3,(H,15,16). The second-order valence-electron chi connectivity index (χ2n) is 4.97. The fraction of sp³-hybridized carbons (Fsp3) is 0.643. The van der Waals surface area contributed by atoms with Crippen LogP contribution in [0.2, 0.25) is 0 Å². The summed E-state index contributed by atoms with van der Waals surface area (Å²) in [6.45, 7) is 4.98. The van der Waals surface area contributed by atoms with Gasteiger partial charge in [0.05, 0.1) is 11.8 Å². The molecule has 20 heavy (non-hydrogen) atoms. The fourth-order valence-electron chi connectivity index (χ4n) is 2.09. The maximum absolute atomic E-state index is 11.7. The van der Waals surface area contributed by atoms with Crippen molar-refractivity contribution in [2.24, 2.45) is 11.8 Å². The van der Waals surface area contributed by atoms with Gasteiger partial charge in [0.1, 0.15) is 13.2 Å². The molecule has 112 valence electrons. The largest absolute Gasteiger partial charge is 0.481 e. The highest BCUT2D eigenvalue weighted by atomic mass is 16.6. The maximum atomic E-state index is 11.7. The van der Waals surface area contributed by atoms with E-state index in [1.165, 1.54) is 6.92 Å². The SMILES string of the molecule is C=C(C)C(=O)OCCOC(=O)C1CCC(C(=O)O)CC1. The van der Waals surface area contributed by atoms with Crippen LogP contribution >= 0.6 is 0 Å². The smallest absolute Gasteiger partial charge is 0.333 e. The second-order valence-corrected chi connectivity index (χ2v) is 4.97. The summed E-state index contributed by atoms with van der Waals surface area (Å²) < 4.78 is 9.81. The predicted molar refractivity (Wildman–Crippen MR) is 69.8 cm³/mol. The molecule has 0 spiro atoms. The second kappa shape index (κ2) is 7.67. The zero-order valence-corrected chi connectivity index (χ0v) is 11.6. The molecule has 0 bridgehead atoms. The third-order valence-electron chi connectivity index (χ3n) is 3.32. The average molecular weight is 284 g/mol. The molecule has 1 saturated carbocycles. The Kier molecular flexibility index (Phi) is 6.21. The number of hydrogen-bond donors (Lipinski definition) is 1. The van der Waals surface area contributed by atoms with Crippen molar-refractivity contribution in [1.29, 1.82) is 0 Å². The number of carbonyl (C=O) groups excluding carboxylic acids is 2. The number of hydrogen-bond acceptors (Lipinski definition) is 5. The van der Waals surface area contributed by atoms with Crippen molar-refractivity contribution in [1.82, 2.24) is 0 Å². The predicted octanol–water partition coefficient (Wildman–Crippen LogP) is 1.54. The third kappa shape index (κ3) is 5.03. The van der Waals surface area contributed by atoms with Crippen molar-refractivity contribution in [2.75, 3.05) is 13.2 Å². The maximum Gasteiger partial charge on any atom is 0.333 e. The number of esters is 2. The summed E-state index contributed by atoms with van der Waals surface area (Å²) in [5.74, 6) is -2.26. The van der Waals surface area contributed by atoms with Gasteiger partial charge >= 0.3 is 17.9 Å². The Morgan fingerprint density at radius 1 is 1.05 bits per heavy atom. The molecule has 0 radical (unpaired) electrons. The summed E-state index contributed by atoms with van der Waals surface area (Å²) in [7, 11) is 0. The summed E-state index contributed by atoms with van der Waals surface area (Å²) in [6.07, 6.45) is 2.06. The molecule has 0 saturated heterocycles. The van der Waals surface area contributed by atoms with Crippen LogP contribution in [0, 0.1) is 11.8 Å². The molecule has 1 aliphatic carbocycles. The lowest BCUT2D eigenvalue weighted by Crippen LogP contribution is -2.27. The van der Waals surface area contributed by atoms with Crippen molar-refractivity contribution in [3.63, 3.8) is 0 Å². The fourth-order valence-corrected chi connectivity index (χ4v) is 2.09. The van der Waals surface area contributed by atoms with E-state index in [1.807, 2.05) is 0 Å². The van der Waals surface area contributed by atoms with E-state index in [9.17, 15) is 14.4 Å². The van der Waals surface area contributed by atoms with Gasteiger partial charge in [-0.2, -0.15) is 0 Å². The number of carboxylic acid groups (broad SMARTS) is 1. The normalized spacial score (nSPS) is 21.9. The van der Waals surface area contributed by atoms with Crippen LogP contribution in [0.5, 0.6) is 0 Å². The highest BCUT2D eigenvalue weighted by molar-refractivity contribution is 5.86. The van der Waals surface area contributed by atoms with Gasteiger partial charge < -0.3 is 14.6 Å². The summed E-state index contributed by atoms with van der Waals surface area (Å²) >= 11 is 0. The first-order valence-electron chi connectivity index (χ1n) is 6.64. The molecule has 1 aliphatic rings. The summed E-state index contributed by atoms with van der Waals surface area (Å²) in [5, 5.41) is 8.86. The first-order chi connectivity index (χ1) is 9.41. The third-order valence-corrected chi connectivity index (χ3v) is 3.32. The van der Waals surface area contributed by atoms with E-state index in [0.29, 0.717) is 31.3 Å². The van der Waals surface area contributed by atoms with Crippen LogP contribution in [0.25, 0.3) is 0 Å². The Hall–Kier alpha value is -1.85. The highest BCUT2D eigenvalue weighted by Crippen LogP contribution is 2.29. The lowest BCUT2D eigenvalue weighted by molar-refractivity contribution is -0.156. The Morgan fingerprint density at radius 3 is 2.05 bits per heavy atom. The molecule has 0 aromatic heterocycles. The van der Waals surface area contributed by atoms with Crippen LogP contribution in [0.1, 0.15) is 32.6 Å². The minimum absolute atomic E-state index is 0.00189. The summed E-state index contributed by atoms with van der Waals surface area (Å²) in [4.78, 5) is 33.6. The number of carbonyl (C=O) groups is 3. The Bertz CT molecular complexity index is 392. The van der Waals surface area contributed by atoms with Crippen LogP contribution in [0.15, 0.2) is 12.2 Å². The van der Waals surface area contributed by atoms with E-state index in [4.69, 9.17) is 14.6 Å². The molecule has 0 aromatic rings. The molecule has 0 aliphatic heterocycles. The van der Waals surface area contributed by atoms with Gasteiger partial charge in [0.15, 0.2) is 0 Å². The van der Waals surface area contributed by atoms with Crippen LogP contribution in [0.3, 0.4) is 0 Å². The van der Waals surface area contributed by atoms with E-state index in [-0.39, 0.29) is 31.0 Å². The molecule has 0 heterocycles. The Labute approximate surface area is 117 Å². The van der Waals surface area contributed by atoms with E-state index in [1.54, 1.807) is 0 Å². The topological polar surface area (TPSA) is 89.9 Å². The number of carboxylic acids is 1. The van der Waals surface area contributed by atoms with E-state index in [2.05, 4.69) is 6.58 Å². The van der Waals surface area contributed by atoms with Crippen LogP contribution < -0.4 is 0 Å². The van der Waals surface area contributed by atoms with Gasteiger partial charge in [-0.3, -0.25) is 9.59 Å². The summed E-state index contributed by atoms with van der Waals surface area (Å²) in [5.41, 5.74) is 0.295. The van der Waals surface area contributed by atoms with E-state index < -0.39 is 11.9 Å². The number of ether oxygens (including phenoxy) is 2. The summed E-state index contributed by atoms with van der Waals surface area (Å²) in [6, 6.07) is 0. The van der Waals surface area contributed by atoms with Crippen LogP contribution in [-0.4, -0.2) is 36.2 Å². The van der Waals surface area contributed by atoms with Gasteiger partial charge in [-0.05, 0) is 32.6 Å². The zero-order chi connectivity index (χ0) is 15.1. The minimum Gasteiger partial charge on any atom is -0.481 e. The van der Waals surface area contributed by atoms with Gasteiger partial charge in [0, 0.05) is 5.57 Å². The molecular weight excluding hydrogens is 264 g/mol. The molecule has 0 unspecified atom stereocenters. The van der Waals surface area contributed by atoms with Gasteiger partial charge in [-0.25, -0.2) is 4.79 Å². The van der Waals surface area contributed by atoms with E-state index >= 15 is 0 Å². The molecule has 1 N–H and O–H groups in total. The highest BCUT2D eigenvalue weighted by Gasteiger charge is 2.30. The molecule has 0 amide bonds. The molecule has 6 nitrogen and oxygen atoms in total. The van der Waals surface area contributed by atoms with Gasteiger partial charge in [0.2, 0.25) is 0 Å².